The average Bonchev–Trinajstić information content (AvgIpc) is 3.14. The molecule has 3 rings (SSSR count). The van der Waals surface area contributed by atoms with Crippen LogP contribution in [0.1, 0.15) is 21.6 Å². The summed E-state index contributed by atoms with van der Waals surface area (Å²) in [7, 11) is 3.17. The van der Waals surface area contributed by atoms with E-state index in [0.29, 0.717) is 22.2 Å². The van der Waals surface area contributed by atoms with Crippen LogP contribution in [-0.2, 0) is 0 Å². The molecule has 6 heteroatoms. The van der Waals surface area contributed by atoms with Crippen LogP contribution in [0.5, 0.6) is 11.5 Å². The summed E-state index contributed by atoms with van der Waals surface area (Å²) >= 11 is 1.39. The van der Waals surface area contributed by atoms with E-state index in [0.717, 1.165) is 16.8 Å². The summed E-state index contributed by atoms with van der Waals surface area (Å²) in [5.41, 5.74) is 4.23. The predicted octanol–water partition coefficient (Wildman–Crippen LogP) is 4.70. The van der Waals surface area contributed by atoms with Gasteiger partial charge in [0.05, 0.1) is 19.8 Å². The Balaban J connectivity index is 1.86. The molecule has 0 spiro atoms. The largest absolute Gasteiger partial charge is 0.493 e. The molecule has 3 aromatic rings. The number of para-hydroxylation sites is 1. The molecule has 0 radical (unpaired) electrons. The van der Waals surface area contributed by atoms with Crippen LogP contribution in [0.2, 0.25) is 0 Å². The van der Waals surface area contributed by atoms with Crippen LogP contribution in [0.3, 0.4) is 0 Å². The number of ether oxygens (including phenoxy) is 2. The fourth-order valence-electron chi connectivity index (χ4n) is 2.57. The lowest BCUT2D eigenvalue weighted by molar-refractivity contribution is 0.102. The summed E-state index contributed by atoms with van der Waals surface area (Å²) in [6.45, 7) is 4.05. The van der Waals surface area contributed by atoms with Gasteiger partial charge in [0.2, 0.25) is 0 Å². The number of carbonyl (C=O) groups is 1. The lowest BCUT2D eigenvalue weighted by atomic mass is 10.1. The smallest absolute Gasteiger partial charge is 0.275 e. The van der Waals surface area contributed by atoms with Crippen LogP contribution < -0.4 is 14.8 Å². The number of anilines is 1. The zero-order chi connectivity index (χ0) is 18.7. The van der Waals surface area contributed by atoms with Crippen molar-refractivity contribution in [2.24, 2.45) is 0 Å². The van der Waals surface area contributed by atoms with Gasteiger partial charge in [0.25, 0.3) is 5.91 Å². The van der Waals surface area contributed by atoms with Gasteiger partial charge >= 0.3 is 0 Å². The van der Waals surface area contributed by atoms with Crippen molar-refractivity contribution in [3.05, 3.63) is 58.6 Å². The van der Waals surface area contributed by atoms with Gasteiger partial charge in [0.15, 0.2) is 11.5 Å². The third-order valence-corrected chi connectivity index (χ3v) is 5.01. The van der Waals surface area contributed by atoms with E-state index in [2.05, 4.69) is 10.3 Å². The third kappa shape index (κ3) is 3.55. The lowest BCUT2D eigenvalue weighted by Crippen LogP contribution is -2.12. The Bertz CT molecular complexity index is 950. The fourth-order valence-corrected chi connectivity index (χ4v) is 3.39. The minimum absolute atomic E-state index is 0.238. The molecule has 1 heterocycles. The molecule has 1 aromatic heterocycles. The lowest BCUT2D eigenvalue weighted by Gasteiger charge is -2.10. The van der Waals surface area contributed by atoms with Gasteiger partial charge < -0.3 is 14.8 Å². The van der Waals surface area contributed by atoms with Crippen LogP contribution in [-0.4, -0.2) is 25.1 Å². The van der Waals surface area contributed by atoms with E-state index in [9.17, 15) is 4.79 Å². The number of nitrogens with zero attached hydrogens (tertiary/aromatic N) is 1. The number of nitrogens with one attached hydrogen (secondary N) is 1. The maximum atomic E-state index is 12.5. The van der Waals surface area contributed by atoms with E-state index in [1.807, 2.05) is 50.2 Å². The molecule has 0 aliphatic carbocycles. The minimum Gasteiger partial charge on any atom is -0.493 e. The molecule has 2 aromatic carbocycles. The van der Waals surface area contributed by atoms with E-state index in [-0.39, 0.29) is 5.91 Å². The summed E-state index contributed by atoms with van der Waals surface area (Å²) in [5, 5.41) is 5.33. The SMILES string of the molecule is COc1cccc(-c2nc(C(=O)Nc3ccc(C)c(C)c3)cs2)c1OC. The molecule has 0 unspecified atom stereocenters. The zero-order valence-corrected chi connectivity index (χ0v) is 15.9. The minimum atomic E-state index is -0.238. The van der Waals surface area contributed by atoms with Gasteiger partial charge in [0.1, 0.15) is 10.7 Å². The Kier molecular flexibility index (Phi) is 5.23. The molecule has 0 aliphatic heterocycles. The number of hydrogen-bond donors (Lipinski definition) is 1. The van der Waals surface area contributed by atoms with Crippen molar-refractivity contribution in [1.29, 1.82) is 0 Å². The first-order valence-corrected chi connectivity index (χ1v) is 8.97. The highest BCUT2D eigenvalue weighted by molar-refractivity contribution is 7.13. The van der Waals surface area contributed by atoms with Gasteiger partial charge in [-0.3, -0.25) is 4.79 Å². The molecule has 0 aliphatic rings. The van der Waals surface area contributed by atoms with Crippen LogP contribution in [0.15, 0.2) is 41.8 Å². The van der Waals surface area contributed by atoms with Crippen molar-refractivity contribution in [2.75, 3.05) is 19.5 Å². The number of thiazole rings is 1. The maximum absolute atomic E-state index is 12.5. The quantitative estimate of drug-likeness (QED) is 0.709. The van der Waals surface area contributed by atoms with Gasteiger partial charge in [-0.1, -0.05) is 12.1 Å². The summed E-state index contributed by atoms with van der Waals surface area (Å²) in [5.74, 6) is 0.990. The Morgan fingerprint density at radius 2 is 1.88 bits per heavy atom. The number of hydrogen-bond acceptors (Lipinski definition) is 5. The normalized spacial score (nSPS) is 10.5. The molecule has 0 bridgehead atoms. The summed E-state index contributed by atoms with van der Waals surface area (Å²) in [6, 6.07) is 11.4. The second-order valence-electron chi connectivity index (χ2n) is 5.83. The summed E-state index contributed by atoms with van der Waals surface area (Å²) < 4.78 is 10.8. The average molecular weight is 368 g/mol. The monoisotopic (exact) mass is 368 g/mol. The van der Waals surface area contributed by atoms with Crippen molar-refractivity contribution in [2.45, 2.75) is 13.8 Å². The summed E-state index contributed by atoms with van der Waals surface area (Å²) in [6.07, 6.45) is 0. The fraction of sp³-hybridized carbons (Fsp3) is 0.200. The van der Waals surface area contributed by atoms with E-state index in [4.69, 9.17) is 9.47 Å². The van der Waals surface area contributed by atoms with E-state index < -0.39 is 0 Å². The zero-order valence-electron chi connectivity index (χ0n) is 15.1. The van der Waals surface area contributed by atoms with E-state index >= 15 is 0 Å². The molecule has 26 heavy (non-hydrogen) atoms. The number of benzene rings is 2. The molecule has 5 nitrogen and oxygen atoms in total. The van der Waals surface area contributed by atoms with Crippen molar-refractivity contribution in [1.82, 2.24) is 4.98 Å². The summed E-state index contributed by atoms with van der Waals surface area (Å²) in [4.78, 5) is 17.0. The number of amides is 1. The highest BCUT2D eigenvalue weighted by atomic mass is 32.1. The first-order valence-electron chi connectivity index (χ1n) is 8.09. The molecular weight excluding hydrogens is 348 g/mol. The molecule has 134 valence electrons. The van der Waals surface area contributed by atoms with Crippen molar-refractivity contribution < 1.29 is 14.3 Å². The van der Waals surface area contributed by atoms with Crippen LogP contribution >= 0.6 is 11.3 Å². The maximum Gasteiger partial charge on any atom is 0.275 e. The Hall–Kier alpha value is -2.86. The van der Waals surface area contributed by atoms with Crippen molar-refractivity contribution >= 4 is 22.9 Å². The first kappa shape index (κ1) is 17.9. The Labute approximate surface area is 156 Å². The number of aromatic nitrogens is 1. The highest BCUT2D eigenvalue weighted by Crippen LogP contribution is 2.39. The van der Waals surface area contributed by atoms with Gasteiger partial charge in [-0.25, -0.2) is 4.98 Å². The Morgan fingerprint density at radius 1 is 1.08 bits per heavy atom. The standard InChI is InChI=1S/C20H20N2O3S/c1-12-8-9-14(10-13(12)2)21-19(23)16-11-26-20(22-16)15-6-5-7-17(24-3)18(15)25-4/h5-11H,1-4H3,(H,21,23). The van der Waals surface area contributed by atoms with Crippen molar-refractivity contribution in [3.63, 3.8) is 0 Å². The Morgan fingerprint density at radius 3 is 2.58 bits per heavy atom. The molecule has 0 saturated carbocycles. The van der Waals surface area contributed by atoms with Crippen LogP contribution in [0, 0.1) is 13.8 Å². The second-order valence-corrected chi connectivity index (χ2v) is 6.69. The van der Waals surface area contributed by atoms with Gasteiger partial charge in [-0.2, -0.15) is 0 Å². The highest BCUT2D eigenvalue weighted by Gasteiger charge is 2.17. The topological polar surface area (TPSA) is 60.5 Å². The number of methoxy groups -OCH3 is 2. The number of carbonyl (C=O) groups excluding carboxylic acids is 1. The van der Waals surface area contributed by atoms with Gasteiger partial charge in [-0.05, 0) is 49.2 Å². The molecule has 0 atom stereocenters. The predicted molar refractivity (Wildman–Crippen MR) is 105 cm³/mol. The first-order chi connectivity index (χ1) is 12.5. The molecule has 0 saturated heterocycles. The number of aryl methyl sites for hydroxylation is 2. The molecular formula is C20H20N2O3S. The third-order valence-electron chi connectivity index (χ3n) is 4.13. The van der Waals surface area contributed by atoms with Crippen LogP contribution in [0.25, 0.3) is 10.6 Å². The van der Waals surface area contributed by atoms with E-state index in [1.54, 1.807) is 19.6 Å². The van der Waals surface area contributed by atoms with Crippen LogP contribution in [0.4, 0.5) is 5.69 Å². The number of rotatable bonds is 5. The molecule has 1 N–H and O–H groups in total. The molecule has 1 amide bonds. The van der Waals surface area contributed by atoms with Gasteiger partial charge in [0, 0.05) is 11.1 Å². The second kappa shape index (κ2) is 7.58. The van der Waals surface area contributed by atoms with E-state index in [1.165, 1.54) is 16.9 Å². The molecule has 0 fully saturated rings. The van der Waals surface area contributed by atoms with Gasteiger partial charge in [-0.15, -0.1) is 11.3 Å². The van der Waals surface area contributed by atoms with Crippen molar-refractivity contribution in [3.8, 4) is 22.1 Å².